The molecular formula is C14H13BF4N2O. The molecule has 3 aromatic rings. The highest BCUT2D eigenvalue weighted by Gasteiger charge is 2.23. The predicted molar refractivity (Wildman–Crippen MR) is 75.9 cm³/mol. The summed E-state index contributed by atoms with van der Waals surface area (Å²) in [7, 11) is -4.04. The standard InChI is InChI=1S/C14H13N2O.BF4/c1-15-12-9-5-6-10-13(12)16(17)14(15)11-7-3-2-4-8-11;2-1(3,4)5/h2-10,17H,1H3;/q+1;-1. The van der Waals surface area contributed by atoms with E-state index in [4.69, 9.17) is 0 Å². The zero-order chi connectivity index (χ0) is 16.3. The first-order valence-electron chi connectivity index (χ1n) is 6.40. The second kappa shape index (κ2) is 6.09. The number of rotatable bonds is 1. The second-order valence-electron chi connectivity index (χ2n) is 4.54. The Balaban J connectivity index is 0.000000309. The van der Waals surface area contributed by atoms with Crippen molar-refractivity contribution < 1.29 is 27.0 Å². The van der Waals surface area contributed by atoms with E-state index in [1.165, 1.54) is 4.73 Å². The molecule has 0 bridgehead atoms. The molecule has 116 valence electrons. The summed E-state index contributed by atoms with van der Waals surface area (Å²) in [6.45, 7) is 0. The number of halogens is 4. The molecule has 1 aromatic heterocycles. The fourth-order valence-corrected chi connectivity index (χ4v) is 2.20. The first-order valence-corrected chi connectivity index (χ1v) is 6.40. The van der Waals surface area contributed by atoms with Gasteiger partial charge in [-0.05, 0) is 29.0 Å². The van der Waals surface area contributed by atoms with Crippen LogP contribution in [-0.2, 0) is 7.05 Å². The number of hydrogen-bond donors (Lipinski definition) is 1. The molecule has 0 aliphatic heterocycles. The van der Waals surface area contributed by atoms with Crippen molar-refractivity contribution in [2.24, 2.45) is 7.05 Å². The molecule has 0 unspecified atom stereocenters. The molecule has 0 radical (unpaired) electrons. The molecule has 0 aliphatic carbocycles. The van der Waals surface area contributed by atoms with E-state index in [-0.39, 0.29) is 0 Å². The van der Waals surface area contributed by atoms with Crippen LogP contribution >= 0.6 is 0 Å². The molecule has 0 spiro atoms. The van der Waals surface area contributed by atoms with Crippen molar-refractivity contribution in [3.05, 3.63) is 54.6 Å². The van der Waals surface area contributed by atoms with Crippen molar-refractivity contribution in [1.82, 2.24) is 4.73 Å². The third-order valence-corrected chi connectivity index (χ3v) is 3.02. The Labute approximate surface area is 124 Å². The summed E-state index contributed by atoms with van der Waals surface area (Å²) >= 11 is 0. The molecule has 22 heavy (non-hydrogen) atoms. The maximum Gasteiger partial charge on any atom is 0.673 e. The SMILES string of the molecule is C[n+]1c(-c2ccccc2)n(O)c2ccccc21.F[B-](F)(F)F. The number of hydrogen-bond acceptors (Lipinski definition) is 1. The number of aromatic nitrogens is 2. The minimum Gasteiger partial charge on any atom is -0.418 e. The van der Waals surface area contributed by atoms with Gasteiger partial charge in [0.25, 0.3) is 0 Å². The van der Waals surface area contributed by atoms with Crippen LogP contribution in [0.3, 0.4) is 0 Å². The summed E-state index contributed by atoms with van der Waals surface area (Å²) in [5, 5.41) is 10.2. The van der Waals surface area contributed by atoms with Crippen molar-refractivity contribution in [2.75, 3.05) is 0 Å². The van der Waals surface area contributed by atoms with Gasteiger partial charge in [0.2, 0.25) is 5.52 Å². The van der Waals surface area contributed by atoms with Crippen LogP contribution in [0.4, 0.5) is 17.3 Å². The van der Waals surface area contributed by atoms with Gasteiger partial charge in [0.1, 0.15) is 0 Å². The van der Waals surface area contributed by atoms with Gasteiger partial charge in [-0.1, -0.05) is 30.3 Å². The van der Waals surface area contributed by atoms with Crippen LogP contribution in [0.2, 0.25) is 0 Å². The van der Waals surface area contributed by atoms with E-state index in [0.29, 0.717) is 0 Å². The van der Waals surface area contributed by atoms with Gasteiger partial charge in [-0.3, -0.25) is 0 Å². The fraction of sp³-hybridized carbons (Fsp3) is 0.0714. The lowest BCUT2D eigenvalue weighted by Crippen LogP contribution is -2.30. The molecule has 3 rings (SSSR count). The number of imidazole rings is 1. The van der Waals surface area contributed by atoms with E-state index < -0.39 is 7.25 Å². The minimum absolute atomic E-state index is 0.784. The van der Waals surface area contributed by atoms with Crippen LogP contribution in [0.5, 0.6) is 0 Å². The first kappa shape index (κ1) is 15.9. The third kappa shape index (κ3) is 3.57. The Hall–Kier alpha value is -2.51. The average molecular weight is 312 g/mol. The molecule has 0 fully saturated rings. The summed E-state index contributed by atoms with van der Waals surface area (Å²) in [6.07, 6.45) is 0. The minimum atomic E-state index is -6.00. The first-order chi connectivity index (χ1) is 10.3. The average Bonchev–Trinajstić information content (AvgIpc) is 2.71. The van der Waals surface area contributed by atoms with Crippen LogP contribution in [0, 0.1) is 0 Å². The molecule has 3 nitrogen and oxygen atoms in total. The zero-order valence-electron chi connectivity index (χ0n) is 11.6. The summed E-state index contributed by atoms with van der Waals surface area (Å²) in [5.41, 5.74) is 2.82. The van der Waals surface area contributed by atoms with Crippen molar-refractivity contribution >= 4 is 18.3 Å². The fourth-order valence-electron chi connectivity index (χ4n) is 2.20. The topological polar surface area (TPSA) is 29.0 Å². The molecule has 0 saturated heterocycles. The molecule has 0 atom stereocenters. The predicted octanol–water partition coefficient (Wildman–Crippen LogP) is 3.67. The number of benzene rings is 2. The van der Waals surface area contributed by atoms with E-state index >= 15 is 0 Å². The molecule has 0 aliphatic rings. The molecule has 1 heterocycles. The van der Waals surface area contributed by atoms with E-state index in [1.54, 1.807) is 0 Å². The highest BCUT2D eigenvalue weighted by molar-refractivity contribution is 6.50. The molecule has 0 saturated carbocycles. The number of fused-ring (bicyclic) bond motifs is 1. The van der Waals surface area contributed by atoms with Crippen LogP contribution in [0.1, 0.15) is 0 Å². The monoisotopic (exact) mass is 312 g/mol. The summed E-state index contributed by atoms with van der Waals surface area (Å²) in [5.74, 6) is 0.784. The largest absolute Gasteiger partial charge is 0.673 e. The molecule has 2 aromatic carbocycles. The van der Waals surface area contributed by atoms with Crippen LogP contribution in [0.15, 0.2) is 54.6 Å². The molecule has 8 heteroatoms. The van der Waals surface area contributed by atoms with Gasteiger partial charge in [-0.2, -0.15) is 0 Å². The number of para-hydroxylation sites is 2. The smallest absolute Gasteiger partial charge is 0.418 e. The van der Waals surface area contributed by atoms with Crippen molar-refractivity contribution in [3.63, 3.8) is 0 Å². The normalized spacial score (nSPS) is 11.1. The summed E-state index contributed by atoms with van der Waals surface area (Å²) in [4.78, 5) is 0. The second-order valence-corrected chi connectivity index (χ2v) is 4.54. The lowest BCUT2D eigenvalue weighted by molar-refractivity contribution is -0.635. The quantitative estimate of drug-likeness (QED) is 0.316. The Morgan fingerprint density at radius 3 is 1.95 bits per heavy atom. The van der Waals surface area contributed by atoms with Gasteiger partial charge in [0.15, 0.2) is 5.52 Å². The van der Waals surface area contributed by atoms with Gasteiger partial charge in [0, 0.05) is 0 Å². The van der Waals surface area contributed by atoms with Crippen LogP contribution in [0.25, 0.3) is 22.4 Å². The van der Waals surface area contributed by atoms with E-state index in [1.807, 2.05) is 66.2 Å². The molecule has 1 N–H and O–H groups in total. The molecule has 0 amide bonds. The highest BCUT2D eigenvalue weighted by atomic mass is 19.5. The van der Waals surface area contributed by atoms with E-state index in [9.17, 15) is 22.5 Å². The highest BCUT2D eigenvalue weighted by Crippen LogP contribution is 2.20. The van der Waals surface area contributed by atoms with Gasteiger partial charge in [-0.25, -0.2) is 4.57 Å². The lowest BCUT2D eigenvalue weighted by atomic mass is 10.2. The van der Waals surface area contributed by atoms with E-state index in [0.717, 1.165) is 22.4 Å². The van der Waals surface area contributed by atoms with E-state index in [2.05, 4.69) is 0 Å². The Morgan fingerprint density at radius 1 is 0.909 bits per heavy atom. The number of nitrogens with zero attached hydrogens (tertiary/aromatic N) is 2. The summed E-state index contributed by atoms with van der Waals surface area (Å²) in [6, 6.07) is 17.7. The summed E-state index contributed by atoms with van der Waals surface area (Å²) < 4.78 is 42.2. The lowest BCUT2D eigenvalue weighted by Gasteiger charge is -1.96. The van der Waals surface area contributed by atoms with Crippen molar-refractivity contribution in [2.45, 2.75) is 0 Å². The Bertz CT molecular complexity index is 727. The molecular weight excluding hydrogens is 299 g/mol. The van der Waals surface area contributed by atoms with Crippen LogP contribution in [-0.4, -0.2) is 17.2 Å². The Kier molecular flexibility index (Phi) is 4.39. The van der Waals surface area contributed by atoms with Crippen LogP contribution < -0.4 is 4.57 Å². The van der Waals surface area contributed by atoms with Gasteiger partial charge >= 0.3 is 13.1 Å². The van der Waals surface area contributed by atoms with Gasteiger partial charge in [-0.15, -0.1) is 0 Å². The van der Waals surface area contributed by atoms with Crippen molar-refractivity contribution in [1.29, 1.82) is 0 Å². The number of aryl methyl sites for hydroxylation is 1. The Morgan fingerprint density at radius 2 is 1.41 bits per heavy atom. The third-order valence-electron chi connectivity index (χ3n) is 3.02. The zero-order valence-corrected chi connectivity index (χ0v) is 11.6. The van der Waals surface area contributed by atoms with Crippen molar-refractivity contribution in [3.8, 4) is 11.4 Å². The maximum absolute atomic E-state index is 10.2. The maximum atomic E-state index is 10.2. The van der Waals surface area contributed by atoms with Gasteiger partial charge < -0.3 is 22.5 Å². The van der Waals surface area contributed by atoms with Gasteiger partial charge in [0.05, 0.1) is 12.6 Å².